The Balaban J connectivity index is 3.22. The van der Waals surface area contributed by atoms with E-state index in [1.807, 2.05) is 20.9 Å². The van der Waals surface area contributed by atoms with E-state index in [1.165, 1.54) is 0 Å². The van der Waals surface area contributed by atoms with E-state index in [0.29, 0.717) is 0 Å². The number of hydrogen-bond acceptors (Lipinski definition) is 2. The second kappa shape index (κ2) is 2.66. The molecule has 1 unspecified atom stereocenters. The van der Waals surface area contributed by atoms with Crippen LogP contribution < -0.4 is 0 Å². The number of aliphatic hydroxyl groups excluding tert-OH is 1. The lowest BCUT2D eigenvalue weighted by atomic mass is 10.1. The van der Waals surface area contributed by atoms with Crippen LogP contribution in [0.25, 0.3) is 0 Å². The molecule has 0 aromatic carbocycles. The van der Waals surface area contributed by atoms with Crippen molar-refractivity contribution >= 4 is 0 Å². The largest absolute Gasteiger partial charge is 0.389 e. The van der Waals surface area contributed by atoms with Crippen LogP contribution in [0.15, 0.2) is 0 Å². The normalized spacial score (nSPS) is 13.5. The lowest BCUT2D eigenvalue weighted by Crippen LogP contribution is -1.96. The van der Waals surface area contributed by atoms with Gasteiger partial charge < -0.3 is 5.11 Å². The van der Waals surface area contributed by atoms with Crippen molar-refractivity contribution in [1.29, 1.82) is 0 Å². The standard InChI is InChI=1S/C8H14N2O/c1-5-8(7(3)11)6(2)10(4)9-5/h7,11H,1-4H3. The molecule has 3 nitrogen and oxygen atoms in total. The summed E-state index contributed by atoms with van der Waals surface area (Å²) in [6.45, 7) is 5.63. The van der Waals surface area contributed by atoms with E-state index in [1.54, 1.807) is 11.6 Å². The molecule has 0 amide bonds. The number of aryl methyl sites for hydroxylation is 2. The van der Waals surface area contributed by atoms with Gasteiger partial charge in [-0.25, -0.2) is 0 Å². The van der Waals surface area contributed by atoms with Crippen LogP contribution >= 0.6 is 0 Å². The van der Waals surface area contributed by atoms with Gasteiger partial charge in [-0.1, -0.05) is 0 Å². The molecule has 1 atom stereocenters. The molecule has 0 aliphatic rings. The quantitative estimate of drug-likeness (QED) is 0.657. The molecule has 0 spiro atoms. The molecule has 0 fully saturated rings. The Morgan fingerprint density at radius 2 is 2.00 bits per heavy atom. The van der Waals surface area contributed by atoms with Crippen LogP contribution in [0.1, 0.15) is 30.0 Å². The molecule has 0 bridgehead atoms. The summed E-state index contributed by atoms with van der Waals surface area (Å²) in [5.41, 5.74) is 2.91. The molecule has 1 heterocycles. The molecule has 0 aliphatic heterocycles. The lowest BCUT2D eigenvalue weighted by molar-refractivity contribution is 0.197. The molecular formula is C8H14N2O. The highest BCUT2D eigenvalue weighted by Crippen LogP contribution is 2.19. The van der Waals surface area contributed by atoms with Crippen LogP contribution in [0.2, 0.25) is 0 Å². The maximum absolute atomic E-state index is 9.35. The highest BCUT2D eigenvalue weighted by atomic mass is 16.3. The number of hydrogen-bond donors (Lipinski definition) is 1. The summed E-state index contributed by atoms with van der Waals surface area (Å²) >= 11 is 0. The average molecular weight is 154 g/mol. The van der Waals surface area contributed by atoms with Crippen molar-refractivity contribution in [3.8, 4) is 0 Å². The lowest BCUT2D eigenvalue weighted by Gasteiger charge is -2.03. The van der Waals surface area contributed by atoms with Crippen molar-refractivity contribution in [3.63, 3.8) is 0 Å². The molecule has 11 heavy (non-hydrogen) atoms. The zero-order chi connectivity index (χ0) is 8.59. The minimum atomic E-state index is -0.413. The van der Waals surface area contributed by atoms with Crippen molar-refractivity contribution in [2.75, 3.05) is 0 Å². The fourth-order valence-corrected chi connectivity index (χ4v) is 1.39. The van der Waals surface area contributed by atoms with Gasteiger partial charge in [-0.3, -0.25) is 4.68 Å². The van der Waals surface area contributed by atoms with E-state index in [4.69, 9.17) is 0 Å². The minimum Gasteiger partial charge on any atom is -0.389 e. The van der Waals surface area contributed by atoms with Gasteiger partial charge in [0.05, 0.1) is 11.8 Å². The third kappa shape index (κ3) is 1.28. The van der Waals surface area contributed by atoms with E-state index < -0.39 is 6.10 Å². The highest BCUT2D eigenvalue weighted by Gasteiger charge is 2.12. The Morgan fingerprint density at radius 3 is 2.18 bits per heavy atom. The molecule has 1 N–H and O–H groups in total. The summed E-state index contributed by atoms with van der Waals surface area (Å²) in [5.74, 6) is 0. The van der Waals surface area contributed by atoms with Crippen molar-refractivity contribution < 1.29 is 5.11 Å². The first-order valence-electron chi connectivity index (χ1n) is 3.72. The summed E-state index contributed by atoms with van der Waals surface area (Å²) in [5, 5.41) is 13.5. The minimum absolute atomic E-state index is 0.413. The Morgan fingerprint density at radius 1 is 1.45 bits per heavy atom. The van der Waals surface area contributed by atoms with Crippen LogP contribution in [-0.2, 0) is 7.05 Å². The second-order valence-corrected chi connectivity index (χ2v) is 2.88. The van der Waals surface area contributed by atoms with Gasteiger partial charge in [-0.05, 0) is 20.8 Å². The number of aromatic nitrogens is 2. The Kier molecular flexibility index (Phi) is 2.00. The Hall–Kier alpha value is -0.830. The summed E-state index contributed by atoms with van der Waals surface area (Å²) < 4.78 is 1.79. The maximum Gasteiger partial charge on any atom is 0.0797 e. The molecule has 62 valence electrons. The molecule has 0 aliphatic carbocycles. The molecule has 1 rings (SSSR count). The number of aliphatic hydroxyl groups is 1. The smallest absolute Gasteiger partial charge is 0.0797 e. The van der Waals surface area contributed by atoms with Crippen molar-refractivity contribution in [3.05, 3.63) is 17.0 Å². The zero-order valence-electron chi connectivity index (χ0n) is 7.42. The molecule has 0 saturated heterocycles. The van der Waals surface area contributed by atoms with Gasteiger partial charge in [0.25, 0.3) is 0 Å². The summed E-state index contributed by atoms with van der Waals surface area (Å²) in [6.07, 6.45) is -0.413. The van der Waals surface area contributed by atoms with E-state index in [0.717, 1.165) is 17.0 Å². The van der Waals surface area contributed by atoms with Crippen molar-refractivity contribution in [2.24, 2.45) is 7.05 Å². The van der Waals surface area contributed by atoms with Gasteiger partial charge in [0.15, 0.2) is 0 Å². The molecular weight excluding hydrogens is 140 g/mol. The van der Waals surface area contributed by atoms with Crippen LogP contribution in [0.3, 0.4) is 0 Å². The predicted molar refractivity (Wildman–Crippen MR) is 43.3 cm³/mol. The van der Waals surface area contributed by atoms with Crippen LogP contribution in [0.5, 0.6) is 0 Å². The third-order valence-electron chi connectivity index (χ3n) is 1.98. The average Bonchev–Trinajstić information content (AvgIpc) is 2.07. The molecule has 0 saturated carbocycles. The first kappa shape index (κ1) is 8.27. The third-order valence-corrected chi connectivity index (χ3v) is 1.98. The van der Waals surface area contributed by atoms with E-state index >= 15 is 0 Å². The molecule has 1 aromatic heterocycles. The molecule has 1 aromatic rings. The maximum atomic E-state index is 9.35. The zero-order valence-corrected chi connectivity index (χ0v) is 7.42. The Bertz CT molecular complexity index is 263. The Labute approximate surface area is 66.7 Å². The van der Waals surface area contributed by atoms with Crippen LogP contribution in [0.4, 0.5) is 0 Å². The fourth-order valence-electron chi connectivity index (χ4n) is 1.39. The van der Waals surface area contributed by atoms with Crippen LogP contribution in [-0.4, -0.2) is 14.9 Å². The van der Waals surface area contributed by atoms with E-state index in [9.17, 15) is 5.11 Å². The summed E-state index contributed by atoms with van der Waals surface area (Å²) in [6, 6.07) is 0. The van der Waals surface area contributed by atoms with E-state index in [2.05, 4.69) is 5.10 Å². The van der Waals surface area contributed by atoms with Gasteiger partial charge in [-0.15, -0.1) is 0 Å². The predicted octanol–water partition coefficient (Wildman–Crippen LogP) is 1.09. The monoisotopic (exact) mass is 154 g/mol. The van der Waals surface area contributed by atoms with Gasteiger partial charge in [-0.2, -0.15) is 5.10 Å². The summed E-state index contributed by atoms with van der Waals surface area (Å²) in [7, 11) is 1.88. The van der Waals surface area contributed by atoms with Crippen LogP contribution in [0, 0.1) is 13.8 Å². The highest BCUT2D eigenvalue weighted by molar-refractivity contribution is 5.26. The van der Waals surface area contributed by atoms with Gasteiger partial charge in [0, 0.05) is 18.3 Å². The van der Waals surface area contributed by atoms with Gasteiger partial charge >= 0.3 is 0 Å². The molecule has 0 radical (unpaired) electrons. The number of nitrogens with zero attached hydrogens (tertiary/aromatic N) is 2. The topological polar surface area (TPSA) is 38.0 Å². The summed E-state index contributed by atoms with van der Waals surface area (Å²) in [4.78, 5) is 0. The molecule has 3 heteroatoms. The number of rotatable bonds is 1. The first-order valence-corrected chi connectivity index (χ1v) is 3.72. The van der Waals surface area contributed by atoms with Crippen molar-refractivity contribution in [2.45, 2.75) is 26.9 Å². The van der Waals surface area contributed by atoms with Crippen molar-refractivity contribution in [1.82, 2.24) is 9.78 Å². The SMILES string of the molecule is Cc1nn(C)c(C)c1C(C)O. The van der Waals surface area contributed by atoms with Gasteiger partial charge in [0.2, 0.25) is 0 Å². The fraction of sp³-hybridized carbons (Fsp3) is 0.625. The van der Waals surface area contributed by atoms with Gasteiger partial charge in [0.1, 0.15) is 0 Å². The first-order chi connectivity index (χ1) is 5.04. The van der Waals surface area contributed by atoms with E-state index in [-0.39, 0.29) is 0 Å². The second-order valence-electron chi connectivity index (χ2n) is 2.88.